The zero-order chi connectivity index (χ0) is 19.1. The van der Waals surface area contributed by atoms with Crippen molar-refractivity contribution < 1.29 is 31.6 Å². The number of likely N-dealkylation sites (N-methyl/N-ethyl adjacent to an activating group) is 1. The van der Waals surface area contributed by atoms with Gasteiger partial charge in [-0.25, -0.2) is 4.79 Å². The minimum atomic E-state index is -4.84. The summed E-state index contributed by atoms with van der Waals surface area (Å²) in [6.07, 6.45) is 2.17. The number of carbonyl (C=O) groups excluding carboxylic acids is 3. The number of piperidine rings is 1. The predicted molar refractivity (Wildman–Crippen MR) is 85.3 cm³/mol. The predicted octanol–water partition coefficient (Wildman–Crippen LogP) is -1.77. The molecule has 12 nitrogen and oxygen atoms in total. The molecule has 0 spiro atoms. The molecule has 3 aliphatic heterocycles. The van der Waals surface area contributed by atoms with Crippen LogP contribution in [0.1, 0.15) is 25.7 Å². The zero-order valence-corrected chi connectivity index (χ0v) is 14.9. The van der Waals surface area contributed by atoms with Crippen LogP contribution < -0.4 is 10.7 Å². The van der Waals surface area contributed by atoms with E-state index >= 15 is 0 Å². The largest absolute Gasteiger partial charge is 0.418 e. The molecule has 0 aromatic carbocycles. The number of hydroxylamine groups is 2. The Morgan fingerprint density at radius 3 is 2.69 bits per heavy atom. The van der Waals surface area contributed by atoms with Crippen LogP contribution >= 0.6 is 0 Å². The quantitative estimate of drug-likeness (QED) is 0.377. The summed E-state index contributed by atoms with van der Waals surface area (Å²) in [4.78, 5) is 38.2. The third-order valence-electron chi connectivity index (χ3n) is 4.77. The second kappa shape index (κ2) is 6.98. The number of rotatable bonds is 4. The minimum absolute atomic E-state index is 0.0915. The van der Waals surface area contributed by atoms with Gasteiger partial charge >= 0.3 is 16.4 Å². The zero-order valence-electron chi connectivity index (χ0n) is 14.1. The van der Waals surface area contributed by atoms with Crippen molar-refractivity contribution in [3.8, 4) is 0 Å². The number of hydrogen-bond acceptors (Lipinski definition) is 7. The van der Waals surface area contributed by atoms with Crippen molar-refractivity contribution in [1.29, 1.82) is 0 Å². The first-order valence-electron chi connectivity index (χ1n) is 8.25. The van der Waals surface area contributed by atoms with Crippen LogP contribution in [0, 0.1) is 0 Å². The van der Waals surface area contributed by atoms with Crippen molar-refractivity contribution in [2.45, 2.75) is 43.8 Å². The Kier molecular flexibility index (Phi) is 5.05. The van der Waals surface area contributed by atoms with Gasteiger partial charge in [0.05, 0.1) is 12.1 Å². The molecule has 146 valence electrons. The van der Waals surface area contributed by atoms with Gasteiger partial charge in [0, 0.05) is 13.6 Å². The van der Waals surface area contributed by atoms with Gasteiger partial charge in [-0.05, 0) is 32.2 Å². The second-order valence-corrected chi connectivity index (χ2v) is 7.54. The lowest BCUT2D eigenvalue weighted by Crippen LogP contribution is -2.56. The van der Waals surface area contributed by atoms with Gasteiger partial charge in [0.25, 0.3) is 11.8 Å². The maximum atomic E-state index is 12.5. The molecule has 3 fully saturated rings. The molecule has 1 unspecified atom stereocenters. The van der Waals surface area contributed by atoms with Gasteiger partial charge in [0.15, 0.2) is 0 Å². The third-order valence-corrected chi connectivity index (χ3v) is 5.12. The van der Waals surface area contributed by atoms with Gasteiger partial charge < -0.3 is 10.2 Å². The fourth-order valence-corrected chi connectivity index (χ4v) is 3.92. The summed E-state index contributed by atoms with van der Waals surface area (Å²) in [6.45, 7) is 0.836. The van der Waals surface area contributed by atoms with Crippen LogP contribution in [-0.2, 0) is 24.3 Å². The Bertz CT molecular complexity index is 708. The summed E-state index contributed by atoms with van der Waals surface area (Å²) in [5.74, 6) is -0.812. The molecular formula is C13H21N5O7S. The van der Waals surface area contributed by atoms with Crippen LogP contribution in [0.3, 0.4) is 0 Å². The molecule has 3 saturated heterocycles. The maximum Gasteiger partial charge on any atom is 0.418 e. The van der Waals surface area contributed by atoms with E-state index in [1.807, 2.05) is 0 Å². The van der Waals surface area contributed by atoms with Crippen molar-refractivity contribution in [3.05, 3.63) is 0 Å². The van der Waals surface area contributed by atoms with Crippen molar-refractivity contribution in [2.24, 2.45) is 0 Å². The molecule has 26 heavy (non-hydrogen) atoms. The SMILES string of the molecule is CN(NC(=O)[C@H]1CC[C@H]2CN1C(=O)N2OS(=O)(=O)O)C(=O)C1CCCN1. The molecule has 0 radical (unpaired) electrons. The van der Waals surface area contributed by atoms with E-state index in [0.717, 1.165) is 18.0 Å². The minimum Gasteiger partial charge on any atom is -0.309 e. The van der Waals surface area contributed by atoms with E-state index in [0.29, 0.717) is 17.9 Å². The highest BCUT2D eigenvalue weighted by Crippen LogP contribution is 2.30. The average Bonchev–Trinajstić information content (AvgIpc) is 3.17. The molecule has 0 aliphatic carbocycles. The van der Waals surface area contributed by atoms with E-state index in [-0.39, 0.29) is 24.9 Å². The normalized spacial score (nSPS) is 28.4. The van der Waals surface area contributed by atoms with E-state index in [4.69, 9.17) is 4.55 Å². The molecule has 3 rings (SSSR count). The van der Waals surface area contributed by atoms with Crippen LogP contribution in [-0.4, -0.2) is 84.1 Å². The Morgan fingerprint density at radius 1 is 1.35 bits per heavy atom. The maximum absolute atomic E-state index is 12.5. The molecule has 4 amide bonds. The molecule has 0 saturated carbocycles. The fraction of sp³-hybridized carbons (Fsp3) is 0.769. The number of amides is 4. The molecule has 3 heterocycles. The van der Waals surface area contributed by atoms with E-state index in [1.165, 1.54) is 11.9 Å². The standard InChI is InChI=1S/C13H21N5O7S/c1-16(12(20)9-3-2-6-14-9)15-11(19)10-5-4-8-7-17(10)13(21)18(8)25-26(22,23)24/h8-10,14H,2-7H2,1H3,(H,15,19)(H,22,23,24)/t8-,9?,10+/m0/s1. The van der Waals surface area contributed by atoms with Gasteiger partial charge in [0.2, 0.25) is 0 Å². The van der Waals surface area contributed by atoms with Gasteiger partial charge in [0.1, 0.15) is 6.04 Å². The smallest absolute Gasteiger partial charge is 0.309 e. The summed E-state index contributed by atoms with van der Waals surface area (Å²) in [5, 5.41) is 4.71. The lowest BCUT2D eigenvalue weighted by molar-refractivity contribution is -0.143. The van der Waals surface area contributed by atoms with Crippen molar-refractivity contribution in [1.82, 2.24) is 25.7 Å². The lowest BCUT2D eigenvalue weighted by Gasteiger charge is -2.31. The second-order valence-electron chi connectivity index (χ2n) is 6.53. The van der Waals surface area contributed by atoms with E-state index in [9.17, 15) is 22.8 Å². The van der Waals surface area contributed by atoms with Gasteiger partial charge in [-0.15, -0.1) is 4.28 Å². The van der Waals surface area contributed by atoms with Crippen LogP contribution in [0.5, 0.6) is 0 Å². The number of nitrogens with zero attached hydrogens (tertiary/aromatic N) is 3. The monoisotopic (exact) mass is 391 g/mol. The third kappa shape index (κ3) is 3.75. The highest BCUT2D eigenvalue weighted by molar-refractivity contribution is 7.80. The average molecular weight is 391 g/mol. The number of carbonyl (C=O) groups is 3. The molecular weight excluding hydrogens is 370 g/mol. The van der Waals surface area contributed by atoms with E-state index in [2.05, 4.69) is 15.0 Å². The topological polar surface area (TPSA) is 149 Å². The van der Waals surface area contributed by atoms with Crippen molar-refractivity contribution >= 4 is 28.2 Å². The molecule has 0 aromatic rings. The van der Waals surface area contributed by atoms with Crippen LogP contribution in [0.2, 0.25) is 0 Å². The lowest BCUT2D eigenvalue weighted by atomic mass is 10.0. The Labute approximate surface area is 150 Å². The molecule has 13 heteroatoms. The molecule has 2 bridgehead atoms. The highest BCUT2D eigenvalue weighted by Gasteiger charge is 2.49. The molecule has 3 atom stereocenters. The first-order valence-corrected chi connectivity index (χ1v) is 9.62. The van der Waals surface area contributed by atoms with E-state index in [1.54, 1.807) is 0 Å². The Hall–Kier alpha value is -1.96. The summed E-state index contributed by atoms with van der Waals surface area (Å²) < 4.78 is 34.8. The number of fused-ring (bicyclic) bond motifs is 2. The molecule has 3 aliphatic rings. The fourth-order valence-electron chi connectivity index (χ4n) is 3.53. The number of urea groups is 1. The number of nitrogens with one attached hydrogen (secondary N) is 2. The van der Waals surface area contributed by atoms with Gasteiger partial charge in [-0.2, -0.15) is 13.5 Å². The highest BCUT2D eigenvalue weighted by atomic mass is 32.3. The Morgan fingerprint density at radius 2 is 2.08 bits per heavy atom. The van der Waals surface area contributed by atoms with Crippen molar-refractivity contribution in [2.75, 3.05) is 20.1 Å². The van der Waals surface area contributed by atoms with E-state index < -0.39 is 34.4 Å². The van der Waals surface area contributed by atoms with Crippen LogP contribution in [0.25, 0.3) is 0 Å². The summed E-state index contributed by atoms with van der Waals surface area (Å²) in [5.41, 5.74) is 2.48. The summed E-state index contributed by atoms with van der Waals surface area (Å²) in [6, 6.07) is -2.60. The summed E-state index contributed by atoms with van der Waals surface area (Å²) >= 11 is 0. The first-order chi connectivity index (χ1) is 12.2. The number of hydrazine groups is 1. The Balaban J connectivity index is 1.62. The van der Waals surface area contributed by atoms with Gasteiger partial charge in [-0.3, -0.25) is 24.6 Å². The molecule has 0 aromatic heterocycles. The number of hydrogen-bond donors (Lipinski definition) is 3. The van der Waals surface area contributed by atoms with Gasteiger partial charge in [-0.1, -0.05) is 0 Å². The first kappa shape index (κ1) is 18.8. The van der Waals surface area contributed by atoms with Crippen LogP contribution in [0.4, 0.5) is 4.79 Å². The summed E-state index contributed by atoms with van der Waals surface area (Å²) in [7, 11) is -3.40. The van der Waals surface area contributed by atoms with Crippen LogP contribution in [0.15, 0.2) is 0 Å². The molecule has 3 N–H and O–H groups in total. The van der Waals surface area contributed by atoms with Crippen molar-refractivity contribution in [3.63, 3.8) is 0 Å².